The summed E-state index contributed by atoms with van der Waals surface area (Å²) in [5, 5.41) is 6.25. The molecule has 0 radical (unpaired) electrons. The molecule has 3 aromatic rings. The Morgan fingerprint density at radius 1 is 1.20 bits per heavy atom. The van der Waals surface area contributed by atoms with Crippen LogP contribution in [0.4, 0.5) is 5.69 Å². The van der Waals surface area contributed by atoms with Crippen LogP contribution in [0, 0.1) is 5.92 Å². The van der Waals surface area contributed by atoms with Crippen molar-refractivity contribution in [1.82, 2.24) is 25.6 Å². The number of benzene rings is 1. The molecule has 2 aliphatic heterocycles. The monoisotopic (exact) mass is 406 g/mol. The average molecular weight is 406 g/mol. The molecule has 2 aromatic heterocycles. The maximum absolute atomic E-state index is 11.6. The maximum atomic E-state index is 11.6. The molecule has 0 spiro atoms. The number of H-pyrrole nitrogens is 1. The summed E-state index contributed by atoms with van der Waals surface area (Å²) < 4.78 is 6.28. The summed E-state index contributed by atoms with van der Waals surface area (Å²) >= 11 is 0. The lowest BCUT2D eigenvalue weighted by Crippen LogP contribution is -2.43. The number of carbonyl (C=O) groups excluding carboxylic acids is 1. The number of ether oxygens (including phenoxy) is 1. The first-order chi connectivity index (χ1) is 14.7. The van der Waals surface area contributed by atoms with Crippen LogP contribution in [0.5, 0.6) is 5.75 Å². The van der Waals surface area contributed by atoms with Crippen LogP contribution >= 0.6 is 0 Å². The molecule has 1 aromatic carbocycles. The van der Waals surface area contributed by atoms with Crippen LogP contribution < -0.4 is 20.3 Å². The van der Waals surface area contributed by atoms with Crippen LogP contribution in [0.15, 0.2) is 36.8 Å². The molecule has 1 amide bonds. The quantitative estimate of drug-likeness (QED) is 0.599. The minimum Gasteiger partial charge on any atom is -0.488 e. The highest BCUT2D eigenvalue weighted by molar-refractivity contribution is 5.87. The Labute approximate surface area is 175 Å². The van der Waals surface area contributed by atoms with Gasteiger partial charge >= 0.3 is 0 Å². The Hall–Kier alpha value is -3.13. The van der Waals surface area contributed by atoms with Gasteiger partial charge in [-0.1, -0.05) is 0 Å². The number of amides is 1. The number of imidazole rings is 1. The van der Waals surface area contributed by atoms with E-state index in [1.54, 1.807) is 6.33 Å². The van der Waals surface area contributed by atoms with Crippen molar-refractivity contribution >= 4 is 22.6 Å². The van der Waals surface area contributed by atoms with Gasteiger partial charge in [0.15, 0.2) is 0 Å². The second-order valence-electron chi connectivity index (χ2n) is 8.00. The number of aromatic nitrogens is 3. The molecule has 2 saturated heterocycles. The highest BCUT2D eigenvalue weighted by Gasteiger charge is 2.28. The largest absolute Gasteiger partial charge is 0.488 e. The summed E-state index contributed by atoms with van der Waals surface area (Å²) in [6, 6.07) is 8.23. The predicted octanol–water partition coefficient (Wildman–Crippen LogP) is 1.94. The van der Waals surface area contributed by atoms with Crippen LogP contribution in [0.3, 0.4) is 0 Å². The predicted molar refractivity (Wildman–Crippen MR) is 116 cm³/mol. The molecular formula is C22H26N6O2. The second kappa shape index (κ2) is 7.95. The van der Waals surface area contributed by atoms with Gasteiger partial charge < -0.3 is 25.3 Å². The minimum absolute atomic E-state index is 0.0860. The molecule has 2 unspecified atom stereocenters. The molecule has 4 heterocycles. The van der Waals surface area contributed by atoms with Crippen LogP contribution in [-0.2, 0) is 4.79 Å². The fraction of sp³-hybridized carbons (Fsp3) is 0.409. The third kappa shape index (κ3) is 3.70. The lowest BCUT2D eigenvalue weighted by Gasteiger charge is -2.29. The highest BCUT2D eigenvalue weighted by Crippen LogP contribution is 2.32. The van der Waals surface area contributed by atoms with E-state index in [1.807, 2.05) is 25.3 Å². The molecule has 0 bridgehead atoms. The number of nitrogens with one attached hydrogen (secondary N) is 3. The number of piperazine rings is 1. The number of anilines is 1. The van der Waals surface area contributed by atoms with E-state index < -0.39 is 0 Å². The van der Waals surface area contributed by atoms with Gasteiger partial charge in [-0.25, -0.2) is 4.98 Å². The smallest absolute Gasteiger partial charge is 0.220 e. The van der Waals surface area contributed by atoms with E-state index in [-0.39, 0.29) is 17.9 Å². The van der Waals surface area contributed by atoms with Crippen molar-refractivity contribution in [3.8, 4) is 17.0 Å². The average Bonchev–Trinajstić information content (AvgIpc) is 3.43. The van der Waals surface area contributed by atoms with Gasteiger partial charge in [-0.05, 0) is 31.2 Å². The van der Waals surface area contributed by atoms with Gasteiger partial charge in [0, 0.05) is 50.6 Å². The minimum atomic E-state index is -0.0952. The number of rotatable bonds is 5. The second-order valence-corrected chi connectivity index (χ2v) is 8.00. The zero-order valence-electron chi connectivity index (χ0n) is 17.0. The van der Waals surface area contributed by atoms with Crippen LogP contribution in [0.25, 0.3) is 22.3 Å². The zero-order chi connectivity index (χ0) is 20.5. The topological polar surface area (TPSA) is 95.2 Å². The Kier molecular flexibility index (Phi) is 5.00. The van der Waals surface area contributed by atoms with E-state index >= 15 is 0 Å². The van der Waals surface area contributed by atoms with Crippen molar-refractivity contribution in [2.75, 3.05) is 37.6 Å². The molecule has 8 heteroatoms. The van der Waals surface area contributed by atoms with Gasteiger partial charge in [0.25, 0.3) is 0 Å². The van der Waals surface area contributed by atoms with Gasteiger partial charge in [0.1, 0.15) is 17.4 Å². The standard InChI is InChI=1S/C22H26N6O2/c1-14(16-10-21(29)25-11-16)30-20-9-15(8-19-22(20)27-13-26-19)18-3-2-17(12-24-18)28-6-4-23-5-7-28/h2-3,8-9,12-14,16,23H,4-7,10-11H2,1H3,(H,25,29)(H,26,27). The van der Waals surface area contributed by atoms with Gasteiger partial charge in [-0.2, -0.15) is 0 Å². The highest BCUT2D eigenvalue weighted by atomic mass is 16.5. The number of carbonyl (C=O) groups is 1. The third-order valence-electron chi connectivity index (χ3n) is 6.00. The number of hydrogen-bond donors (Lipinski definition) is 3. The molecule has 2 fully saturated rings. The number of fused-ring (bicyclic) bond motifs is 1. The maximum Gasteiger partial charge on any atom is 0.220 e. The van der Waals surface area contributed by atoms with Gasteiger partial charge in [-0.15, -0.1) is 0 Å². The number of pyridine rings is 1. The lowest BCUT2D eigenvalue weighted by molar-refractivity contribution is -0.119. The molecule has 5 rings (SSSR count). The number of hydrogen-bond acceptors (Lipinski definition) is 6. The molecule has 30 heavy (non-hydrogen) atoms. The Morgan fingerprint density at radius 3 is 2.80 bits per heavy atom. The zero-order valence-corrected chi connectivity index (χ0v) is 17.0. The van der Waals surface area contributed by atoms with Crippen molar-refractivity contribution in [3.05, 3.63) is 36.8 Å². The molecule has 2 atom stereocenters. The lowest BCUT2D eigenvalue weighted by atomic mass is 10.0. The molecular weight excluding hydrogens is 380 g/mol. The van der Waals surface area contributed by atoms with Gasteiger partial charge in [-0.3, -0.25) is 9.78 Å². The van der Waals surface area contributed by atoms with Crippen LogP contribution in [-0.4, -0.2) is 59.7 Å². The number of aromatic amines is 1. The summed E-state index contributed by atoms with van der Waals surface area (Å²) in [5.41, 5.74) is 4.71. The molecule has 8 nitrogen and oxygen atoms in total. The third-order valence-corrected chi connectivity index (χ3v) is 6.00. The van der Waals surface area contributed by atoms with E-state index in [2.05, 4.69) is 37.6 Å². The van der Waals surface area contributed by atoms with Crippen molar-refractivity contribution in [1.29, 1.82) is 0 Å². The van der Waals surface area contributed by atoms with Crippen molar-refractivity contribution in [2.24, 2.45) is 5.92 Å². The first-order valence-electron chi connectivity index (χ1n) is 10.5. The Balaban J connectivity index is 1.41. The normalized spacial score (nSPS) is 20.4. The van der Waals surface area contributed by atoms with Gasteiger partial charge in [0.05, 0.1) is 29.4 Å². The number of nitrogens with zero attached hydrogens (tertiary/aromatic N) is 3. The fourth-order valence-electron chi connectivity index (χ4n) is 4.18. The summed E-state index contributed by atoms with van der Waals surface area (Å²) in [6.45, 7) is 6.65. The summed E-state index contributed by atoms with van der Waals surface area (Å²) in [5.74, 6) is 0.957. The SMILES string of the molecule is CC(Oc1cc(-c2ccc(N3CCNCC3)cn2)cc2[nH]cnc12)C1CNC(=O)C1. The molecule has 2 aliphatic rings. The van der Waals surface area contributed by atoms with E-state index in [0.29, 0.717) is 18.7 Å². The van der Waals surface area contributed by atoms with E-state index in [1.165, 1.54) is 0 Å². The van der Waals surface area contributed by atoms with Gasteiger partial charge in [0.2, 0.25) is 5.91 Å². The Bertz CT molecular complexity index is 1040. The van der Waals surface area contributed by atoms with E-state index in [9.17, 15) is 4.79 Å². The molecule has 0 aliphatic carbocycles. The first-order valence-corrected chi connectivity index (χ1v) is 10.5. The molecule has 156 valence electrons. The van der Waals surface area contributed by atoms with Crippen LogP contribution in [0.2, 0.25) is 0 Å². The van der Waals surface area contributed by atoms with Crippen molar-refractivity contribution in [3.63, 3.8) is 0 Å². The molecule has 3 N–H and O–H groups in total. The first kappa shape index (κ1) is 18.9. The summed E-state index contributed by atoms with van der Waals surface area (Å²) in [7, 11) is 0. The fourth-order valence-corrected chi connectivity index (χ4v) is 4.18. The summed E-state index contributed by atoms with van der Waals surface area (Å²) in [4.78, 5) is 26.2. The Morgan fingerprint density at radius 2 is 2.07 bits per heavy atom. The van der Waals surface area contributed by atoms with E-state index in [4.69, 9.17) is 9.72 Å². The van der Waals surface area contributed by atoms with Crippen LogP contribution in [0.1, 0.15) is 13.3 Å². The van der Waals surface area contributed by atoms with Crippen molar-refractivity contribution < 1.29 is 9.53 Å². The van der Waals surface area contributed by atoms with Crippen molar-refractivity contribution in [2.45, 2.75) is 19.4 Å². The molecule has 0 saturated carbocycles. The van der Waals surface area contributed by atoms with E-state index in [0.717, 1.165) is 54.2 Å². The summed E-state index contributed by atoms with van der Waals surface area (Å²) in [6.07, 6.45) is 4.02.